The molecule has 24 heavy (non-hydrogen) atoms. The van der Waals surface area contributed by atoms with E-state index in [9.17, 15) is 4.79 Å². The lowest BCUT2D eigenvalue weighted by atomic mass is 10.1. The van der Waals surface area contributed by atoms with Gasteiger partial charge in [-0.2, -0.15) is 5.10 Å². The van der Waals surface area contributed by atoms with Crippen molar-refractivity contribution >= 4 is 5.91 Å². The van der Waals surface area contributed by atoms with Crippen LogP contribution in [0.2, 0.25) is 0 Å². The van der Waals surface area contributed by atoms with Gasteiger partial charge in [0.25, 0.3) is 5.91 Å². The number of tetrazole rings is 1. The molecule has 2 heterocycles. The number of aromatic nitrogens is 6. The highest BCUT2D eigenvalue weighted by Crippen LogP contribution is 2.16. The molecule has 0 fully saturated rings. The van der Waals surface area contributed by atoms with E-state index < -0.39 is 0 Å². The summed E-state index contributed by atoms with van der Waals surface area (Å²) in [6.45, 7) is 6.32. The molecule has 1 amide bonds. The minimum Gasteiger partial charge on any atom is -0.348 e. The van der Waals surface area contributed by atoms with E-state index in [4.69, 9.17) is 0 Å². The van der Waals surface area contributed by atoms with Crippen molar-refractivity contribution in [2.24, 2.45) is 7.05 Å². The summed E-state index contributed by atoms with van der Waals surface area (Å²) in [5.41, 5.74) is 5.34. The largest absolute Gasteiger partial charge is 0.348 e. The number of benzene rings is 1. The van der Waals surface area contributed by atoms with Crippen LogP contribution < -0.4 is 5.32 Å². The second-order valence-corrected chi connectivity index (χ2v) is 5.71. The molecule has 0 bridgehead atoms. The third-order valence-electron chi connectivity index (χ3n) is 4.15. The number of aryl methyl sites for hydroxylation is 3. The Balaban J connectivity index is 1.79. The minimum absolute atomic E-state index is 0.146. The van der Waals surface area contributed by atoms with E-state index in [2.05, 4.69) is 25.9 Å². The highest BCUT2D eigenvalue weighted by molar-refractivity contribution is 5.94. The summed E-state index contributed by atoms with van der Waals surface area (Å²) in [5, 5.41) is 18.5. The molecule has 0 saturated heterocycles. The number of hydrogen-bond acceptors (Lipinski definition) is 5. The SMILES string of the molecule is Cc1ccc(C(=O)NCc2c(C)nn(C)c2C)cc1-n1cnnn1. The van der Waals surface area contributed by atoms with E-state index in [1.54, 1.807) is 16.8 Å². The summed E-state index contributed by atoms with van der Waals surface area (Å²) in [6.07, 6.45) is 1.51. The van der Waals surface area contributed by atoms with Crippen LogP contribution in [0.4, 0.5) is 0 Å². The first-order valence-corrected chi connectivity index (χ1v) is 7.58. The molecule has 8 nitrogen and oxygen atoms in total. The molecule has 1 aromatic carbocycles. The number of nitrogens with zero attached hydrogens (tertiary/aromatic N) is 6. The summed E-state index contributed by atoms with van der Waals surface area (Å²) < 4.78 is 3.36. The summed E-state index contributed by atoms with van der Waals surface area (Å²) in [5.74, 6) is -0.146. The molecule has 8 heteroatoms. The monoisotopic (exact) mass is 325 g/mol. The number of amides is 1. The van der Waals surface area contributed by atoms with Gasteiger partial charge in [-0.3, -0.25) is 9.48 Å². The normalized spacial score (nSPS) is 10.8. The molecule has 0 aliphatic rings. The molecule has 3 aromatic rings. The zero-order valence-corrected chi connectivity index (χ0v) is 14.1. The van der Waals surface area contributed by atoms with Crippen LogP contribution >= 0.6 is 0 Å². The Kier molecular flexibility index (Phi) is 4.11. The standard InChI is InChI=1S/C16H19N7O/c1-10-5-6-13(7-15(10)23-9-18-20-21-23)16(24)17-8-14-11(2)19-22(4)12(14)3/h5-7,9H,8H2,1-4H3,(H,17,24). The minimum atomic E-state index is -0.146. The average molecular weight is 325 g/mol. The van der Waals surface area contributed by atoms with Crippen molar-refractivity contribution in [1.82, 2.24) is 35.3 Å². The second-order valence-electron chi connectivity index (χ2n) is 5.71. The van der Waals surface area contributed by atoms with Crippen LogP contribution in [-0.2, 0) is 13.6 Å². The van der Waals surface area contributed by atoms with Crippen molar-refractivity contribution in [1.29, 1.82) is 0 Å². The average Bonchev–Trinajstić information content (AvgIpc) is 3.16. The van der Waals surface area contributed by atoms with Crippen molar-refractivity contribution < 1.29 is 4.79 Å². The first-order valence-electron chi connectivity index (χ1n) is 7.58. The zero-order valence-electron chi connectivity index (χ0n) is 14.1. The number of rotatable bonds is 4. The predicted molar refractivity (Wildman–Crippen MR) is 87.7 cm³/mol. The van der Waals surface area contributed by atoms with Crippen LogP contribution in [0.25, 0.3) is 5.69 Å². The Hall–Kier alpha value is -3.03. The van der Waals surface area contributed by atoms with E-state index in [1.165, 1.54) is 6.33 Å². The molecule has 124 valence electrons. The maximum atomic E-state index is 12.5. The van der Waals surface area contributed by atoms with Gasteiger partial charge in [0.05, 0.1) is 11.4 Å². The lowest BCUT2D eigenvalue weighted by molar-refractivity contribution is 0.0951. The van der Waals surface area contributed by atoms with Crippen LogP contribution in [0, 0.1) is 20.8 Å². The highest BCUT2D eigenvalue weighted by atomic mass is 16.1. The lowest BCUT2D eigenvalue weighted by Gasteiger charge is -2.09. The number of carbonyl (C=O) groups excluding carboxylic acids is 1. The highest BCUT2D eigenvalue weighted by Gasteiger charge is 2.13. The second kappa shape index (κ2) is 6.23. The van der Waals surface area contributed by atoms with E-state index in [0.717, 1.165) is 28.2 Å². The fourth-order valence-corrected chi connectivity index (χ4v) is 2.61. The lowest BCUT2D eigenvalue weighted by Crippen LogP contribution is -2.23. The molecule has 3 rings (SSSR count). The van der Waals surface area contributed by atoms with Gasteiger partial charge < -0.3 is 5.32 Å². The predicted octanol–water partition coefficient (Wildman–Crippen LogP) is 1.25. The Labute approximate surface area is 139 Å². The molecular weight excluding hydrogens is 306 g/mol. The first-order chi connectivity index (χ1) is 11.5. The third-order valence-corrected chi connectivity index (χ3v) is 4.15. The van der Waals surface area contributed by atoms with Gasteiger partial charge in [0.1, 0.15) is 6.33 Å². The van der Waals surface area contributed by atoms with Crippen LogP contribution in [0.3, 0.4) is 0 Å². The van der Waals surface area contributed by atoms with Crippen molar-refractivity contribution in [2.75, 3.05) is 0 Å². The summed E-state index contributed by atoms with van der Waals surface area (Å²) in [4.78, 5) is 12.5. The molecule has 0 spiro atoms. The van der Waals surface area contributed by atoms with E-state index in [0.29, 0.717) is 12.1 Å². The molecule has 0 saturated carbocycles. The van der Waals surface area contributed by atoms with Crippen LogP contribution in [0.1, 0.15) is 32.9 Å². The maximum absolute atomic E-state index is 12.5. The van der Waals surface area contributed by atoms with Gasteiger partial charge in [0.15, 0.2) is 0 Å². The summed E-state index contributed by atoms with van der Waals surface area (Å²) >= 11 is 0. The number of hydrogen-bond donors (Lipinski definition) is 1. The molecule has 0 radical (unpaired) electrons. The van der Waals surface area contributed by atoms with E-state index in [1.807, 2.05) is 38.6 Å². The molecule has 0 unspecified atom stereocenters. The Bertz CT molecular complexity index is 880. The Morgan fingerprint density at radius 2 is 2.04 bits per heavy atom. The Morgan fingerprint density at radius 3 is 2.67 bits per heavy atom. The van der Waals surface area contributed by atoms with Crippen LogP contribution in [-0.4, -0.2) is 35.9 Å². The molecule has 0 aliphatic carbocycles. The summed E-state index contributed by atoms with van der Waals surface area (Å²) in [6, 6.07) is 5.46. The molecule has 1 N–H and O–H groups in total. The molecule has 0 aliphatic heterocycles. The smallest absolute Gasteiger partial charge is 0.251 e. The van der Waals surface area contributed by atoms with Crippen molar-refractivity contribution in [3.05, 3.63) is 52.6 Å². The topological polar surface area (TPSA) is 90.5 Å². The summed E-state index contributed by atoms with van der Waals surface area (Å²) in [7, 11) is 1.89. The zero-order chi connectivity index (χ0) is 17.3. The van der Waals surface area contributed by atoms with Gasteiger partial charge in [-0.1, -0.05) is 6.07 Å². The van der Waals surface area contributed by atoms with Crippen molar-refractivity contribution in [3.8, 4) is 5.69 Å². The van der Waals surface area contributed by atoms with Crippen LogP contribution in [0.5, 0.6) is 0 Å². The van der Waals surface area contributed by atoms with Gasteiger partial charge in [-0.15, -0.1) is 5.10 Å². The van der Waals surface area contributed by atoms with Gasteiger partial charge in [0, 0.05) is 30.4 Å². The third kappa shape index (κ3) is 2.90. The number of nitrogens with one attached hydrogen (secondary N) is 1. The fraction of sp³-hybridized carbons (Fsp3) is 0.312. The van der Waals surface area contributed by atoms with Gasteiger partial charge in [-0.25, -0.2) is 4.68 Å². The first kappa shape index (κ1) is 15.9. The quantitative estimate of drug-likeness (QED) is 0.779. The van der Waals surface area contributed by atoms with Crippen LogP contribution in [0.15, 0.2) is 24.5 Å². The Morgan fingerprint density at radius 1 is 1.25 bits per heavy atom. The fourth-order valence-electron chi connectivity index (χ4n) is 2.61. The van der Waals surface area contributed by atoms with E-state index >= 15 is 0 Å². The molecule has 2 aromatic heterocycles. The van der Waals surface area contributed by atoms with E-state index in [-0.39, 0.29) is 5.91 Å². The molecular formula is C16H19N7O. The van der Waals surface area contributed by atoms with Gasteiger partial charge >= 0.3 is 0 Å². The maximum Gasteiger partial charge on any atom is 0.251 e. The van der Waals surface area contributed by atoms with Crippen molar-refractivity contribution in [2.45, 2.75) is 27.3 Å². The number of carbonyl (C=O) groups is 1. The molecule has 0 atom stereocenters. The van der Waals surface area contributed by atoms with Gasteiger partial charge in [-0.05, 0) is 48.9 Å². The van der Waals surface area contributed by atoms with Crippen molar-refractivity contribution in [3.63, 3.8) is 0 Å². The van der Waals surface area contributed by atoms with Gasteiger partial charge in [0.2, 0.25) is 0 Å².